The lowest BCUT2D eigenvalue weighted by molar-refractivity contribution is -0.148. The summed E-state index contributed by atoms with van der Waals surface area (Å²) in [6, 6.07) is 17.1. The highest BCUT2D eigenvalue weighted by molar-refractivity contribution is 5.96. The van der Waals surface area contributed by atoms with Gasteiger partial charge in [0.25, 0.3) is 5.91 Å². The normalized spacial score (nSPS) is 12.6. The zero-order chi connectivity index (χ0) is 19.2. The number of nitrogens with one attached hydrogen (secondary N) is 1. The summed E-state index contributed by atoms with van der Waals surface area (Å²) < 4.78 is 5.15. The molecule has 0 aliphatic carbocycles. The molecule has 1 atom stereocenters. The van der Waals surface area contributed by atoms with Gasteiger partial charge in [0.05, 0.1) is 0 Å². The molecular weight excluding hydrogens is 326 g/mol. The van der Waals surface area contributed by atoms with Crippen molar-refractivity contribution >= 4 is 23.6 Å². The van der Waals surface area contributed by atoms with Crippen LogP contribution >= 0.6 is 0 Å². The quantitative estimate of drug-likeness (QED) is 0.634. The molecule has 4 nitrogen and oxygen atoms in total. The number of anilines is 1. The van der Waals surface area contributed by atoms with E-state index in [0.29, 0.717) is 5.69 Å². The first-order valence-electron chi connectivity index (χ1n) is 8.61. The first-order valence-corrected chi connectivity index (χ1v) is 8.61. The van der Waals surface area contributed by atoms with Crippen LogP contribution < -0.4 is 5.32 Å². The Kier molecular flexibility index (Phi) is 6.34. The summed E-state index contributed by atoms with van der Waals surface area (Å²) in [5.41, 5.74) is 2.79. The highest BCUT2D eigenvalue weighted by Gasteiger charge is 2.17. The molecule has 4 heteroatoms. The Morgan fingerprint density at radius 1 is 1.00 bits per heavy atom. The summed E-state index contributed by atoms with van der Waals surface area (Å²) in [7, 11) is 0. The minimum absolute atomic E-state index is 0.0520. The molecular formula is C22H25NO3. The highest BCUT2D eigenvalue weighted by Crippen LogP contribution is 2.23. The molecule has 2 rings (SSSR count). The second kappa shape index (κ2) is 8.48. The van der Waals surface area contributed by atoms with Gasteiger partial charge in [-0.3, -0.25) is 4.79 Å². The molecule has 0 aliphatic heterocycles. The number of hydrogen-bond donors (Lipinski definition) is 1. The van der Waals surface area contributed by atoms with E-state index < -0.39 is 12.1 Å². The second-order valence-corrected chi connectivity index (χ2v) is 7.14. The fourth-order valence-electron chi connectivity index (χ4n) is 2.29. The van der Waals surface area contributed by atoms with Gasteiger partial charge in [-0.15, -0.1) is 0 Å². The van der Waals surface area contributed by atoms with Crippen molar-refractivity contribution in [1.82, 2.24) is 0 Å². The Morgan fingerprint density at radius 3 is 2.19 bits per heavy atom. The molecule has 0 heterocycles. The van der Waals surface area contributed by atoms with Gasteiger partial charge in [-0.2, -0.15) is 0 Å². The molecule has 0 bridgehead atoms. The van der Waals surface area contributed by atoms with Crippen LogP contribution in [0.4, 0.5) is 5.69 Å². The van der Waals surface area contributed by atoms with Crippen molar-refractivity contribution in [2.24, 2.45) is 0 Å². The van der Waals surface area contributed by atoms with Gasteiger partial charge < -0.3 is 10.1 Å². The maximum atomic E-state index is 12.2. The number of carbonyl (C=O) groups is 2. The molecule has 1 amide bonds. The SMILES string of the molecule is CC(OC(=O)C=Cc1ccccc1)C(=O)Nc1ccc(C(C)(C)C)cc1. The van der Waals surface area contributed by atoms with Crippen LogP contribution in [0.25, 0.3) is 6.08 Å². The van der Waals surface area contributed by atoms with Crippen LogP contribution in [0.2, 0.25) is 0 Å². The average molecular weight is 351 g/mol. The van der Waals surface area contributed by atoms with Crippen molar-refractivity contribution in [3.05, 3.63) is 71.8 Å². The predicted octanol–water partition coefficient (Wildman–Crippen LogP) is 4.57. The third-order valence-electron chi connectivity index (χ3n) is 3.89. The third kappa shape index (κ3) is 5.88. The molecule has 1 N–H and O–H groups in total. The summed E-state index contributed by atoms with van der Waals surface area (Å²) in [6.07, 6.45) is 2.08. The molecule has 2 aromatic rings. The van der Waals surface area contributed by atoms with E-state index in [-0.39, 0.29) is 11.3 Å². The molecule has 0 saturated carbocycles. The smallest absolute Gasteiger partial charge is 0.331 e. The van der Waals surface area contributed by atoms with E-state index in [4.69, 9.17) is 4.74 Å². The third-order valence-corrected chi connectivity index (χ3v) is 3.89. The first-order chi connectivity index (χ1) is 12.3. The number of carbonyl (C=O) groups excluding carboxylic acids is 2. The van der Waals surface area contributed by atoms with Crippen molar-refractivity contribution in [2.75, 3.05) is 5.32 Å². The molecule has 0 radical (unpaired) electrons. The van der Waals surface area contributed by atoms with E-state index in [9.17, 15) is 9.59 Å². The fourth-order valence-corrected chi connectivity index (χ4v) is 2.29. The van der Waals surface area contributed by atoms with E-state index >= 15 is 0 Å². The number of amides is 1. The zero-order valence-electron chi connectivity index (χ0n) is 15.7. The molecule has 0 spiro atoms. The van der Waals surface area contributed by atoms with Gasteiger partial charge in [-0.1, -0.05) is 63.2 Å². The largest absolute Gasteiger partial charge is 0.449 e. The summed E-state index contributed by atoms with van der Waals surface area (Å²) in [4.78, 5) is 24.0. The van der Waals surface area contributed by atoms with Gasteiger partial charge in [0.2, 0.25) is 0 Å². The lowest BCUT2D eigenvalue weighted by Gasteiger charge is -2.19. The van der Waals surface area contributed by atoms with Crippen molar-refractivity contribution < 1.29 is 14.3 Å². The maximum absolute atomic E-state index is 12.2. The Bertz CT molecular complexity index is 771. The Balaban J connectivity index is 1.89. The highest BCUT2D eigenvalue weighted by atomic mass is 16.5. The Hall–Kier alpha value is -2.88. The van der Waals surface area contributed by atoms with E-state index in [0.717, 1.165) is 5.56 Å². The predicted molar refractivity (Wildman–Crippen MR) is 105 cm³/mol. The minimum atomic E-state index is -0.884. The maximum Gasteiger partial charge on any atom is 0.331 e. The molecule has 136 valence electrons. The topological polar surface area (TPSA) is 55.4 Å². The molecule has 2 aromatic carbocycles. The van der Waals surface area contributed by atoms with Crippen molar-refractivity contribution in [3.8, 4) is 0 Å². The van der Waals surface area contributed by atoms with Crippen LogP contribution in [0.5, 0.6) is 0 Å². The monoisotopic (exact) mass is 351 g/mol. The fraction of sp³-hybridized carbons (Fsp3) is 0.273. The van der Waals surface area contributed by atoms with E-state index in [1.54, 1.807) is 13.0 Å². The second-order valence-electron chi connectivity index (χ2n) is 7.14. The molecule has 0 aliphatic rings. The lowest BCUT2D eigenvalue weighted by Crippen LogP contribution is -2.29. The summed E-state index contributed by atoms with van der Waals surface area (Å²) in [5.74, 6) is -0.922. The number of hydrogen-bond acceptors (Lipinski definition) is 3. The van der Waals surface area contributed by atoms with Crippen molar-refractivity contribution in [1.29, 1.82) is 0 Å². The molecule has 0 saturated heterocycles. The van der Waals surface area contributed by atoms with Crippen LogP contribution in [0.15, 0.2) is 60.7 Å². The number of benzene rings is 2. The number of ether oxygens (including phenoxy) is 1. The van der Waals surface area contributed by atoms with Crippen molar-refractivity contribution in [2.45, 2.75) is 39.2 Å². The van der Waals surface area contributed by atoms with Crippen molar-refractivity contribution in [3.63, 3.8) is 0 Å². The Morgan fingerprint density at radius 2 is 1.62 bits per heavy atom. The molecule has 1 unspecified atom stereocenters. The molecule has 0 fully saturated rings. The van der Waals surface area contributed by atoms with Crippen LogP contribution in [0.1, 0.15) is 38.8 Å². The molecule has 0 aromatic heterocycles. The van der Waals surface area contributed by atoms with Crippen LogP contribution in [0.3, 0.4) is 0 Å². The van der Waals surface area contributed by atoms with E-state index in [1.807, 2.05) is 54.6 Å². The summed E-state index contributed by atoms with van der Waals surface area (Å²) >= 11 is 0. The Labute approximate surface area is 154 Å². The van der Waals surface area contributed by atoms with E-state index in [1.165, 1.54) is 11.6 Å². The van der Waals surface area contributed by atoms with Gasteiger partial charge in [-0.25, -0.2) is 4.79 Å². The van der Waals surface area contributed by atoms with Crippen LogP contribution in [0, 0.1) is 0 Å². The summed E-state index contributed by atoms with van der Waals surface area (Å²) in [5, 5.41) is 2.76. The standard InChI is InChI=1S/C22H25NO3/c1-16(26-20(24)15-10-17-8-6-5-7-9-17)21(25)23-19-13-11-18(12-14-19)22(2,3)4/h5-16H,1-4H3,(H,23,25). The average Bonchev–Trinajstić information content (AvgIpc) is 2.60. The van der Waals surface area contributed by atoms with Gasteiger partial charge in [0.1, 0.15) is 0 Å². The number of esters is 1. The van der Waals surface area contributed by atoms with Crippen LogP contribution in [-0.4, -0.2) is 18.0 Å². The first kappa shape index (κ1) is 19.4. The van der Waals surface area contributed by atoms with Gasteiger partial charge >= 0.3 is 5.97 Å². The van der Waals surface area contributed by atoms with Gasteiger partial charge in [-0.05, 0) is 41.7 Å². The van der Waals surface area contributed by atoms with Crippen LogP contribution in [-0.2, 0) is 19.7 Å². The number of rotatable bonds is 5. The van der Waals surface area contributed by atoms with E-state index in [2.05, 4.69) is 26.1 Å². The summed E-state index contributed by atoms with van der Waals surface area (Å²) in [6.45, 7) is 7.94. The lowest BCUT2D eigenvalue weighted by atomic mass is 9.87. The zero-order valence-corrected chi connectivity index (χ0v) is 15.7. The van der Waals surface area contributed by atoms with Gasteiger partial charge in [0.15, 0.2) is 6.10 Å². The molecule has 26 heavy (non-hydrogen) atoms. The van der Waals surface area contributed by atoms with Gasteiger partial charge in [0, 0.05) is 11.8 Å². The minimum Gasteiger partial charge on any atom is -0.449 e.